The van der Waals surface area contributed by atoms with Gasteiger partial charge in [-0.15, -0.1) is 0 Å². The van der Waals surface area contributed by atoms with Gasteiger partial charge < -0.3 is 9.72 Å². The summed E-state index contributed by atoms with van der Waals surface area (Å²) in [6, 6.07) is 5.76. The number of hydrogen-bond donors (Lipinski definition) is 1. The zero-order valence-corrected chi connectivity index (χ0v) is 8.28. The lowest BCUT2D eigenvalue weighted by Gasteiger charge is -2.04. The Morgan fingerprint density at radius 3 is 3.13 bits per heavy atom. The number of fused-ring (bicyclic) bond motifs is 1. The second-order valence-electron chi connectivity index (χ2n) is 3.14. The fraction of sp³-hybridized carbons (Fsp3) is 0.182. The van der Waals surface area contributed by atoms with Crippen molar-refractivity contribution in [3.63, 3.8) is 0 Å². The van der Waals surface area contributed by atoms with E-state index in [4.69, 9.17) is 4.74 Å². The van der Waals surface area contributed by atoms with E-state index in [0.717, 1.165) is 22.2 Å². The molecule has 1 aromatic carbocycles. The van der Waals surface area contributed by atoms with Gasteiger partial charge in [0.1, 0.15) is 5.75 Å². The molecule has 76 valence electrons. The molecule has 2 rings (SSSR count). The molecule has 0 atom stereocenters. The molecule has 0 amide bonds. The van der Waals surface area contributed by atoms with Crippen LogP contribution in [0.15, 0.2) is 29.4 Å². The number of nitrogens with one attached hydrogen (secondary N) is 1. The van der Waals surface area contributed by atoms with Gasteiger partial charge in [-0.05, 0) is 23.8 Å². The summed E-state index contributed by atoms with van der Waals surface area (Å²) in [6.07, 6.45) is 3.37. The lowest BCUT2D eigenvalue weighted by Crippen LogP contribution is -1.87. The van der Waals surface area contributed by atoms with Crippen LogP contribution in [0.1, 0.15) is 5.56 Å². The van der Waals surface area contributed by atoms with Crippen molar-refractivity contribution in [3.05, 3.63) is 30.0 Å². The highest BCUT2D eigenvalue weighted by Crippen LogP contribution is 2.26. The zero-order chi connectivity index (χ0) is 10.7. The lowest BCUT2D eigenvalue weighted by atomic mass is 10.1. The highest BCUT2D eigenvalue weighted by atomic mass is 16.5. The molecule has 15 heavy (non-hydrogen) atoms. The second-order valence-corrected chi connectivity index (χ2v) is 3.14. The van der Waals surface area contributed by atoms with Crippen LogP contribution in [0.2, 0.25) is 0 Å². The Morgan fingerprint density at radius 2 is 2.40 bits per heavy atom. The SMILES string of the molecule is COc1cc(CN=C=O)cc2[nH]ccc12. The van der Waals surface area contributed by atoms with Crippen molar-refractivity contribution in [2.45, 2.75) is 6.54 Å². The molecule has 0 saturated carbocycles. The van der Waals surface area contributed by atoms with Crippen LogP contribution in [0.4, 0.5) is 0 Å². The number of carbonyl (C=O) groups excluding carboxylic acids is 1. The third kappa shape index (κ3) is 1.75. The molecule has 0 radical (unpaired) electrons. The summed E-state index contributed by atoms with van der Waals surface area (Å²) in [5, 5.41) is 1.02. The van der Waals surface area contributed by atoms with Crippen LogP contribution in [0.25, 0.3) is 10.9 Å². The molecule has 0 spiro atoms. The maximum Gasteiger partial charge on any atom is 0.235 e. The van der Waals surface area contributed by atoms with Crippen molar-refractivity contribution in [1.29, 1.82) is 0 Å². The number of aliphatic imine (C=N–C) groups is 1. The van der Waals surface area contributed by atoms with Gasteiger partial charge in [0.2, 0.25) is 6.08 Å². The lowest BCUT2D eigenvalue weighted by molar-refractivity contribution is 0.419. The summed E-state index contributed by atoms with van der Waals surface area (Å²) in [5.41, 5.74) is 1.90. The molecule has 0 aliphatic rings. The van der Waals surface area contributed by atoms with Gasteiger partial charge in [0.15, 0.2) is 0 Å². The number of rotatable bonds is 3. The first kappa shape index (κ1) is 9.49. The molecule has 0 bridgehead atoms. The van der Waals surface area contributed by atoms with Crippen molar-refractivity contribution in [2.24, 2.45) is 4.99 Å². The topological polar surface area (TPSA) is 54.4 Å². The Hall–Kier alpha value is -2.06. The number of nitrogens with zero attached hydrogens (tertiary/aromatic N) is 1. The smallest absolute Gasteiger partial charge is 0.235 e. The Labute approximate surface area is 86.6 Å². The predicted octanol–water partition coefficient (Wildman–Crippen LogP) is 2.01. The Morgan fingerprint density at radius 1 is 1.53 bits per heavy atom. The normalized spacial score (nSPS) is 9.93. The molecular weight excluding hydrogens is 192 g/mol. The van der Waals surface area contributed by atoms with Crippen LogP contribution in [-0.2, 0) is 11.3 Å². The van der Waals surface area contributed by atoms with E-state index >= 15 is 0 Å². The van der Waals surface area contributed by atoms with Crippen LogP contribution in [0, 0.1) is 0 Å². The number of methoxy groups -OCH3 is 1. The average Bonchev–Trinajstić information content (AvgIpc) is 2.73. The third-order valence-electron chi connectivity index (χ3n) is 2.24. The number of aromatic amines is 1. The number of aromatic nitrogens is 1. The summed E-state index contributed by atoms with van der Waals surface area (Å²) in [4.78, 5) is 16.6. The van der Waals surface area contributed by atoms with E-state index < -0.39 is 0 Å². The highest BCUT2D eigenvalue weighted by molar-refractivity contribution is 5.86. The summed E-state index contributed by atoms with van der Waals surface area (Å²) in [5.74, 6) is 0.782. The minimum atomic E-state index is 0.328. The molecule has 0 aliphatic heterocycles. The molecule has 1 N–H and O–H groups in total. The molecule has 0 aliphatic carbocycles. The summed E-state index contributed by atoms with van der Waals surface area (Å²) in [6.45, 7) is 0.328. The van der Waals surface area contributed by atoms with E-state index in [9.17, 15) is 4.79 Å². The highest BCUT2D eigenvalue weighted by Gasteiger charge is 2.04. The molecule has 0 saturated heterocycles. The number of hydrogen-bond acceptors (Lipinski definition) is 3. The van der Waals surface area contributed by atoms with E-state index in [0.29, 0.717) is 6.54 Å². The van der Waals surface area contributed by atoms with Gasteiger partial charge in [0.25, 0.3) is 0 Å². The van der Waals surface area contributed by atoms with Gasteiger partial charge in [-0.2, -0.15) is 0 Å². The van der Waals surface area contributed by atoms with Gasteiger partial charge in [0, 0.05) is 17.1 Å². The molecule has 0 unspecified atom stereocenters. The van der Waals surface area contributed by atoms with Gasteiger partial charge in [-0.1, -0.05) is 0 Å². The summed E-state index contributed by atoms with van der Waals surface area (Å²) < 4.78 is 5.25. The average molecular weight is 202 g/mol. The second kappa shape index (κ2) is 3.98. The maximum atomic E-state index is 10.0. The molecule has 4 heteroatoms. The van der Waals surface area contributed by atoms with Crippen molar-refractivity contribution >= 4 is 17.0 Å². The van der Waals surface area contributed by atoms with Crippen LogP contribution in [0.5, 0.6) is 5.75 Å². The van der Waals surface area contributed by atoms with Crippen LogP contribution in [-0.4, -0.2) is 18.2 Å². The fourth-order valence-electron chi connectivity index (χ4n) is 1.57. The molecule has 0 fully saturated rings. The van der Waals surface area contributed by atoms with Crippen molar-refractivity contribution in [1.82, 2.24) is 4.98 Å². The predicted molar refractivity (Wildman–Crippen MR) is 56.7 cm³/mol. The van der Waals surface area contributed by atoms with Gasteiger partial charge in [-0.3, -0.25) is 0 Å². The first-order valence-electron chi connectivity index (χ1n) is 4.53. The number of isocyanates is 1. The zero-order valence-electron chi connectivity index (χ0n) is 8.28. The number of H-pyrrole nitrogens is 1. The van der Waals surface area contributed by atoms with Gasteiger partial charge in [-0.25, -0.2) is 9.79 Å². The van der Waals surface area contributed by atoms with Crippen molar-refractivity contribution in [3.8, 4) is 5.75 Å². The molecule has 1 aromatic heterocycles. The molecule has 1 heterocycles. The molecule has 4 nitrogen and oxygen atoms in total. The van der Waals surface area contributed by atoms with E-state index in [-0.39, 0.29) is 0 Å². The quantitative estimate of drug-likeness (QED) is 0.611. The number of benzene rings is 1. The van der Waals surface area contributed by atoms with Crippen molar-refractivity contribution in [2.75, 3.05) is 7.11 Å². The minimum absolute atomic E-state index is 0.328. The maximum absolute atomic E-state index is 10.0. The van der Waals surface area contributed by atoms with Crippen LogP contribution in [0.3, 0.4) is 0 Å². The van der Waals surface area contributed by atoms with E-state index in [1.165, 1.54) is 6.08 Å². The Balaban J connectivity index is 2.53. The first-order chi connectivity index (χ1) is 7.35. The van der Waals surface area contributed by atoms with E-state index in [1.807, 2.05) is 24.4 Å². The first-order valence-corrected chi connectivity index (χ1v) is 4.53. The van der Waals surface area contributed by atoms with Crippen LogP contribution >= 0.6 is 0 Å². The number of ether oxygens (including phenoxy) is 1. The van der Waals surface area contributed by atoms with E-state index in [2.05, 4.69) is 9.98 Å². The Bertz CT molecular complexity index is 524. The molecular formula is C11H10N2O2. The fourth-order valence-corrected chi connectivity index (χ4v) is 1.57. The minimum Gasteiger partial charge on any atom is -0.496 e. The largest absolute Gasteiger partial charge is 0.496 e. The van der Waals surface area contributed by atoms with E-state index in [1.54, 1.807) is 7.11 Å². The van der Waals surface area contributed by atoms with Gasteiger partial charge in [0.05, 0.1) is 13.7 Å². The molecule has 2 aromatic rings. The van der Waals surface area contributed by atoms with Crippen molar-refractivity contribution < 1.29 is 9.53 Å². The van der Waals surface area contributed by atoms with Gasteiger partial charge >= 0.3 is 0 Å². The summed E-state index contributed by atoms with van der Waals surface area (Å²) >= 11 is 0. The monoisotopic (exact) mass is 202 g/mol. The standard InChI is InChI=1S/C11H10N2O2/c1-15-11-5-8(6-12-7-14)4-10-9(11)2-3-13-10/h2-5,13H,6H2,1H3. The third-order valence-corrected chi connectivity index (χ3v) is 2.24. The Kier molecular flexibility index (Phi) is 2.52. The van der Waals surface area contributed by atoms with Crippen LogP contribution < -0.4 is 4.74 Å². The summed E-state index contributed by atoms with van der Waals surface area (Å²) in [7, 11) is 1.62.